The van der Waals surface area contributed by atoms with Gasteiger partial charge in [-0.15, -0.1) is 0 Å². The van der Waals surface area contributed by atoms with E-state index in [4.69, 9.17) is 10.5 Å². The number of aromatic nitrogens is 2. The summed E-state index contributed by atoms with van der Waals surface area (Å²) < 4.78 is 34.4. The number of hydrogen-bond donors (Lipinski definition) is 1. The molecule has 0 spiro atoms. The number of pyridine rings is 1. The molecule has 1 fully saturated rings. The first-order valence-electron chi connectivity index (χ1n) is 6.67. The summed E-state index contributed by atoms with van der Waals surface area (Å²) in [5.74, 6) is 0.0171. The minimum Gasteiger partial charge on any atom is -0.381 e. The number of nitrogens with zero attached hydrogens (tertiary/aromatic N) is 3. The number of ether oxygens (including phenoxy) is 1. The molecular formula is C13H18N4O3S. The van der Waals surface area contributed by atoms with Crippen LogP contribution in [0.15, 0.2) is 29.4 Å². The minimum absolute atomic E-state index is 0.0171. The van der Waals surface area contributed by atoms with Crippen LogP contribution in [0.4, 0.5) is 5.82 Å². The van der Waals surface area contributed by atoms with E-state index in [1.54, 1.807) is 24.4 Å². The Balaban J connectivity index is 2.19. The van der Waals surface area contributed by atoms with Crippen molar-refractivity contribution in [1.82, 2.24) is 13.7 Å². The Kier molecular flexibility index (Phi) is 3.19. The summed E-state index contributed by atoms with van der Waals surface area (Å²) in [4.78, 5) is 4.13. The van der Waals surface area contributed by atoms with Crippen LogP contribution in [0.2, 0.25) is 0 Å². The van der Waals surface area contributed by atoms with Gasteiger partial charge in [0.05, 0.1) is 18.8 Å². The summed E-state index contributed by atoms with van der Waals surface area (Å²) in [6.07, 6.45) is 1.65. The minimum atomic E-state index is -3.75. The molecule has 0 atom stereocenters. The molecule has 0 radical (unpaired) electrons. The number of anilines is 1. The molecular weight excluding hydrogens is 292 g/mol. The van der Waals surface area contributed by atoms with Crippen molar-refractivity contribution >= 4 is 21.5 Å². The molecule has 3 heterocycles. The third-order valence-corrected chi connectivity index (χ3v) is 5.77. The number of hydrogen-bond acceptors (Lipinski definition) is 5. The molecule has 2 aromatic rings. The van der Waals surface area contributed by atoms with Gasteiger partial charge in [0.25, 0.3) is 10.0 Å². The Hall–Kier alpha value is -1.64. The molecule has 1 aliphatic heterocycles. The second-order valence-electron chi connectivity index (χ2n) is 5.67. The van der Waals surface area contributed by atoms with Crippen molar-refractivity contribution < 1.29 is 13.2 Å². The molecule has 0 aliphatic carbocycles. The zero-order valence-electron chi connectivity index (χ0n) is 12.0. The van der Waals surface area contributed by atoms with Crippen LogP contribution in [-0.2, 0) is 14.8 Å². The van der Waals surface area contributed by atoms with Gasteiger partial charge in [-0.25, -0.2) is 13.4 Å². The summed E-state index contributed by atoms with van der Waals surface area (Å²) >= 11 is 0. The highest BCUT2D eigenvalue weighted by Gasteiger charge is 2.42. The molecule has 21 heavy (non-hydrogen) atoms. The van der Waals surface area contributed by atoms with E-state index in [1.165, 1.54) is 8.71 Å². The van der Waals surface area contributed by atoms with Gasteiger partial charge in [0.2, 0.25) is 0 Å². The van der Waals surface area contributed by atoms with Crippen molar-refractivity contribution in [1.29, 1.82) is 0 Å². The summed E-state index contributed by atoms with van der Waals surface area (Å²) in [5, 5.41) is 0.0214. The molecule has 0 amide bonds. The van der Waals surface area contributed by atoms with Crippen LogP contribution in [-0.4, -0.2) is 47.4 Å². The second-order valence-corrected chi connectivity index (χ2v) is 7.45. The summed E-state index contributed by atoms with van der Waals surface area (Å²) in [7, 11) is -3.75. The number of fused-ring (bicyclic) bond motifs is 1. The maximum Gasteiger partial charge on any atom is 0.263 e. The first-order valence-corrected chi connectivity index (χ1v) is 8.11. The third-order valence-electron chi connectivity index (χ3n) is 3.61. The molecule has 2 N–H and O–H groups in total. The van der Waals surface area contributed by atoms with Crippen molar-refractivity contribution in [3.63, 3.8) is 0 Å². The number of nitrogen functional groups attached to an aromatic ring is 1. The third kappa shape index (κ3) is 2.19. The van der Waals surface area contributed by atoms with Gasteiger partial charge in [-0.2, -0.15) is 4.31 Å². The fourth-order valence-electron chi connectivity index (χ4n) is 2.64. The highest BCUT2D eigenvalue weighted by molar-refractivity contribution is 7.89. The van der Waals surface area contributed by atoms with E-state index in [2.05, 4.69) is 4.98 Å². The normalized spacial score (nSPS) is 19.9. The Morgan fingerprint density at radius 2 is 2.14 bits per heavy atom. The molecule has 7 nitrogen and oxygen atoms in total. The number of rotatable bonds is 2. The lowest BCUT2D eigenvalue weighted by Crippen LogP contribution is -2.55. The van der Waals surface area contributed by atoms with Gasteiger partial charge in [-0.05, 0) is 26.0 Å². The summed E-state index contributed by atoms with van der Waals surface area (Å²) in [5.41, 5.74) is 5.76. The van der Waals surface area contributed by atoms with Gasteiger partial charge in [0, 0.05) is 12.7 Å². The zero-order chi connectivity index (χ0) is 15.3. The van der Waals surface area contributed by atoms with Crippen molar-refractivity contribution in [2.24, 2.45) is 0 Å². The van der Waals surface area contributed by atoms with E-state index in [1.807, 2.05) is 13.8 Å². The van der Waals surface area contributed by atoms with Crippen LogP contribution in [0.25, 0.3) is 5.65 Å². The average molecular weight is 310 g/mol. The van der Waals surface area contributed by atoms with E-state index in [9.17, 15) is 8.42 Å². The number of sulfonamides is 1. The van der Waals surface area contributed by atoms with Gasteiger partial charge in [0.1, 0.15) is 5.65 Å². The van der Waals surface area contributed by atoms with Crippen molar-refractivity contribution in [3.8, 4) is 0 Å². The Labute approximate surface area is 123 Å². The molecule has 2 aromatic heterocycles. The lowest BCUT2D eigenvalue weighted by atomic mass is 10.1. The molecule has 3 rings (SSSR count). The summed E-state index contributed by atoms with van der Waals surface area (Å²) in [6, 6.07) is 5.26. The van der Waals surface area contributed by atoms with Crippen LogP contribution in [0, 0.1) is 0 Å². The Bertz CT molecular complexity index is 782. The fourth-order valence-corrected chi connectivity index (χ4v) is 4.58. The van der Waals surface area contributed by atoms with Crippen LogP contribution in [0.1, 0.15) is 13.8 Å². The SMILES string of the molecule is CC1(C)COCCN1S(=O)(=O)c1c(N)nc2ccccn12. The maximum absolute atomic E-state index is 13.0. The standard InChI is InChI=1S/C13H18N4O3S/c1-13(2)9-20-8-7-17(13)21(18,19)12-11(14)15-10-5-3-4-6-16(10)12/h3-6H,7-9,14H2,1-2H3. The van der Waals surface area contributed by atoms with E-state index in [-0.39, 0.29) is 10.8 Å². The monoisotopic (exact) mass is 310 g/mol. The molecule has 114 valence electrons. The second kappa shape index (κ2) is 4.69. The van der Waals surface area contributed by atoms with Crippen molar-refractivity contribution in [3.05, 3.63) is 24.4 Å². The predicted octanol–water partition coefficient (Wildman–Crippen LogP) is 0.716. The molecule has 0 unspecified atom stereocenters. The topological polar surface area (TPSA) is 89.9 Å². The lowest BCUT2D eigenvalue weighted by Gasteiger charge is -2.40. The molecule has 0 saturated carbocycles. The van der Waals surface area contributed by atoms with Gasteiger partial charge >= 0.3 is 0 Å². The molecule has 1 aliphatic rings. The van der Waals surface area contributed by atoms with Crippen LogP contribution >= 0.6 is 0 Å². The number of imidazole rings is 1. The van der Waals surface area contributed by atoms with Gasteiger partial charge in [-0.3, -0.25) is 4.40 Å². The largest absolute Gasteiger partial charge is 0.381 e. The van der Waals surface area contributed by atoms with Crippen LogP contribution in [0.3, 0.4) is 0 Å². The van der Waals surface area contributed by atoms with Crippen LogP contribution < -0.4 is 5.73 Å². The predicted molar refractivity (Wildman–Crippen MR) is 78.4 cm³/mol. The van der Waals surface area contributed by atoms with E-state index >= 15 is 0 Å². The molecule has 8 heteroatoms. The quantitative estimate of drug-likeness (QED) is 0.882. The van der Waals surface area contributed by atoms with Crippen molar-refractivity contribution in [2.75, 3.05) is 25.5 Å². The highest BCUT2D eigenvalue weighted by Crippen LogP contribution is 2.30. The average Bonchev–Trinajstić information content (AvgIpc) is 2.74. The van der Waals surface area contributed by atoms with Gasteiger partial charge in [0.15, 0.2) is 10.8 Å². The van der Waals surface area contributed by atoms with Gasteiger partial charge < -0.3 is 10.5 Å². The highest BCUT2D eigenvalue weighted by atomic mass is 32.2. The Morgan fingerprint density at radius 1 is 1.38 bits per heavy atom. The van der Waals surface area contributed by atoms with E-state index in [0.29, 0.717) is 25.4 Å². The lowest BCUT2D eigenvalue weighted by molar-refractivity contribution is -0.00781. The summed E-state index contributed by atoms with van der Waals surface area (Å²) in [6.45, 7) is 4.70. The molecule has 1 saturated heterocycles. The first-order chi connectivity index (χ1) is 9.84. The maximum atomic E-state index is 13.0. The van der Waals surface area contributed by atoms with E-state index in [0.717, 1.165) is 0 Å². The fraction of sp³-hybridized carbons (Fsp3) is 0.462. The smallest absolute Gasteiger partial charge is 0.263 e. The molecule has 0 bridgehead atoms. The number of nitrogens with two attached hydrogens (primary N) is 1. The Morgan fingerprint density at radius 3 is 2.86 bits per heavy atom. The molecule has 0 aromatic carbocycles. The van der Waals surface area contributed by atoms with Crippen LogP contribution in [0.5, 0.6) is 0 Å². The zero-order valence-corrected chi connectivity index (χ0v) is 12.8. The van der Waals surface area contributed by atoms with Gasteiger partial charge in [-0.1, -0.05) is 6.07 Å². The van der Waals surface area contributed by atoms with E-state index < -0.39 is 15.6 Å². The first kappa shape index (κ1) is 14.3. The van der Waals surface area contributed by atoms with Crippen molar-refractivity contribution in [2.45, 2.75) is 24.4 Å². The number of morpholine rings is 1.